The SMILES string of the molecule is CCNC(c1ccnnc1)c1c(C)cc(C)cc1OC. The summed E-state index contributed by atoms with van der Waals surface area (Å²) < 4.78 is 5.58. The van der Waals surface area contributed by atoms with E-state index >= 15 is 0 Å². The van der Waals surface area contributed by atoms with Gasteiger partial charge in [0.1, 0.15) is 5.75 Å². The Labute approximate surface area is 120 Å². The Hall–Kier alpha value is -1.94. The van der Waals surface area contributed by atoms with Crippen LogP contribution in [0, 0.1) is 13.8 Å². The van der Waals surface area contributed by atoms with Gasteiger partial charge in [0, 0.05) is 11.8 Å². The van der Waals surface area contributed by atoms with Crippen LogP contribution in [0.15, 0.2) is 30.6 Å². The summed E-state index contributed by atoms with van der Waals surface area (Å²) in [5.41, 5.74) is 4.66. The van der Waals surface area contributed by atoms with Gasteiger partial charge in [0.15, 0.2) is 0 Å². The molecular weight excluding hydrogens is 250 g/mol. The van der Waals surface area contributed by atoms with Crippen molar-refractivity contribution in [2.75, 3.05) is 13.7 Å². The quantitative estimate of drug-likeness (QED) is 0.908. The van der Waals surface area contributed by atoms with E-state index in [1.165, 1.54) is 11.1 Å². The summed E-state index contributed by atoms with van der Waals surface area (Å²) in [6, 6.07) is 6.29. The molecule has 1 unspecified atom stereocenters. The van der Waals surface area contributed by atoms with Crippen LogP contribution >= 0.6 is 0 Å². The van der Waals surface area contributed by atoms with Crippen molar-refractivity contribution in [1.29, 1.82) is 0 Å². The third-order valence-corrected chi connectivity index (χ3v) is 3.35. The molecule has 0 aliphatic rings. The maximum Gasteiger partial charge on any atom is 0.124 e. The van der Waals surface area contributed by atoms with Crippen molar-refractivity contribution in [1.82, 2.24) is 15.5 Å². The molecule has 0 saturated carbocycles. The number of hydrogen-bond donors (Lipinski definition) is 1. The number of ether oxygens (including phenoxy) is 1. The van der Waals surface area contributed by atoms with Gasteiger partial charge in [0.05, 0.1) is 19.3 Å². The number of nitrogens with one attached hydrogen (secondary N) is 1. The van der Waals surface area contributed by atoms with Gasteiger partial charge in [-0.1, -0.05) is 13.0 Å². The highest BCUT2D eigenvalue weighted by Gasteiger charge is 2.20. The molecule has 1 aromatic carbocycles. The molecule has 1 aromatic heterocycles. The summed E-state index contributed by atoms with van der Waals surface area (Å²) in [5.74, 6) is 0.908. The van der Waals surface area contributed by atoms with Crippen molar-refractivity contribution >= 4 is 0 Å². The molecule has 0 saturated heterocycles. The first-order chi connectivity index (χ1) is 9.67. The average Bonchev–Trinajstić information content (AvgIpc) is 2.45. The smallest absolute Gasteiger partial charge is 0.124 e. The van der Waals surface area contributed by atoms with Gasteiger partial charge >= 0.3 is 0 Å². The van der Waals surface area contributed by atoms with Crippen molar-refractivity contribution in [3.05, 3.63) is 52.8 Å². The fourth-order valence-corrected chi connectivity index (χ4v) is 2.54. The first-order valence-electron chi connectivity index (χ1n) is 6.82. The molecule has 0 bridgehead atoms. The van der Waals surface area contributed by atoms with Crippen molar-refractivity contribution in [3.63, 3.8) is 0 Å². The van der Waals surface area contributed by atoms with Crippen molar-refractivity contribution in [2.24, 2.45) is 0 Å². The zero-order valence-corrected chi connectivity index (χ0v) is 12.5. The summed E-state index contributed by atoms with van der Waals surface area (Å²) in [6.07, 6.45) is 3.52. The monoisotopic (exact) mass is 271 g/mol. The Bertz CT molecular complexity index is 569. The minimum absolute atomic E-state index is 0.0612. The highest BCUT2D eigenvalue weighted by atomic mass is 16.5. The Balaban J connectivity index is 2.55. The molecule has 0 fully saturated rings. The molecule has 20 heavy (non-hydrogen) atoms. The average molecular weight is 271 g/mol. The van der Waals surface area contributed by atoms with Crippen LogP contribution in [0.25, 0.3) is 0 Å². The van der Waals surface area contributed by atoms with Crippen molar-refractivity contribution in [3.8, 4) is 5.75 Å². The third-order valence-electron chi connectivity index (χ3n) is 3.35. The minimum atomic E-state index is 0.0612. The van der Waals surface area contributed by atoms with Gasteiger partial charge in [0.2, 0.25) is 0 Å². The van der Waals surface area contributed by atoms with E-state index in [1.807, 2.05) is 6.07 Å². The zero-order chi connectivity index (χ0) is 14.5. The highest BCUT2D eigenvalue weighted by molar-refractivity contribution is 5.48. The molecule has 0 radical (unpaired) electrons. The standard InChI is InChI=1S/C16H21N3O/c1-5-17-16(13-6-7-18-19-10-13)15-12(3)8-11(2)9-14(15)20-4/h6-10,16-17H,5H2,1-4H3. The Morgan fingerprint density at radius 2 is 2.05 bits per heavy atom. The molecule has 2 aromatic rings. The zero-order valence-electron chi connectivity index (χ0n) is 12.5. The molecule has 4 nitrogen and oxygen atoms in total. The molecule has 1 atom stereocenters. The van der Waals surface area contributed by atoms with Crippen LogP contribution in [-0.2, 0) is 0 Å². The Morgan fingerprint density at radius 3 is 2.65 bits per heavy atom. The van der Waals surface area contributed by atoms with E-state index < -0.39 is 0 Å². The third kappa shape index (κ3) is 2.96. The molecule has 0 amide bonds. The van der Waals surface area contributed by atoms with E-state index in [0.717, 1.165) is 23.4 Å². The normalized spacial score (nSPS) is 12.2. The second kappa shape index (κ2) is 6.48. The molecule has 0 spiro atoms. The lowest BCUT2D eigenvalue weighted by Crippen LogP contribution is -2.23. The van der Waals surface area contributed by atoms with Crippen LogP contribution in [0.2, 0.25) is 0 Å². The van der Waals surface area contributed by atoms with Gasteiger partial charge < -0.3 is 10.1 Å². The maximum atomic E-state index is 5.58. The second-order valence-electron chi connectivity index (χ2n) is 4.86. The number of nitrogens with zero attached hydrogens (tertiary/aromatic N) is 2. The lowest BCUT2D eigenvalue weighted by Gasteiger charge is -2.23. The minimum Gasteiger partial charge on any atom is -0.496 e. The molecule has 2 rings (SSSR count). The van der Waals surface area contributed by atoms with Gasteiger partial charge in [-0.15, -0.1) is 0 Å². The van der Waals surface area contributed by atoms with Gasteiger partial charge in [-0.25, -0.2) is 0 Å². The number of aromatic nitrogens is 2. The number of hydrogen-bond acceptors (Lipinski definition) is 4. The second-order valence-corrected chi connectivity index (χ2v) is 4.86. The lowest BCUT2D eigenvalue weighted by molar-refractivity contribution is 0.403. The van der Waals surface area contributed by atoms with E-state index in [2.05, 4.69) is 48.4 Å². The number of rotatable bonds is 5. The number of methoxy groups -OCH3 is 1. The summed E-state index contributed by atoms with van der Waals surface area (Å²) in [5, 5.41) is 11.3. The summed E-state index contributed by atoms with van der Waals surface area (Å²) >= 11 is 0. The van der Waals surface area contributed by atoms with Crippen molar-refractivity contribution in [2.45, 2.75) is 26.8 Å². The van der Waals surface area contributed by atoms with E-state index in [1.54, 1.807) is 19.5 Å². The molecule has 4 heteroatoms. The van der Waals surface area contributed by atoms with Gasteiger partial charge in [-0.05, 0) is 49.2 Å². The predicted molar refractivity (Wildman–Crippen MR) is 80.0 cm³/mol. The van der Waals surface area contributed by atoms with Gasteiger partial charge in [-0.3, -0.25) is 0 Å². The first-order valence-corrected chi connectivity index (χ1v) is 6.82. The first kappa shape index (κ1) is 14.5. The topological polar surface area (TPSA) is 47.0 Å². The summed E-state index contributed by atoms with van der Waals surface area (Å²) in [6.45, 7) is 7.15. The van der Waals surface area contributed by atoms with Crippen LogP contribution in [-0.4, -0.2) is 23.9 Å². The fourth-order valence-electron chi connectivity index (χ4n) is 2.54. The number of aryl methyl sites for hydroxylation is 2. The van der Waals surface area contributed by atoms with Crippen LogP contribution < -0.4 is 10.1 Å². The highest BCUT2D eigenvalue weighted by Crippen LogP contribution is 2.33. The molecule has 106 valence electrons. The largest absolute Gasteiger partial charge is 0.496 e. The van der Waals surface area contributed by atoms with Crippen LogP contribution in [0.4, 0.5) is 0 Å². The van der Waals surface area contributed by atoms with E-state index in [4.69, 9.17) is 4.74 Å². The van der Waals surface area contributed by atoms with Gasteiger partial charge in [0.25, 0.3) is 0 Å². The van der Waals surface area contributed by atoms with E-state index in [9.17, 15) is 0 Å². The Morgan fingerprint density at radius 1 is 1.25 bits per heavy atom. The molecule has 1 N–H and O–H groups in total. The van der Waals surface area contributed by atoms with Gasteiger partial charge in [-0.2, -0.15) is 10.2 Å². The number of benzene rings is 1. The van der Waals surface area contributed by atoms with E-state index in [-0.39, 0.29) is 6.04 Å². The summed E-state index contributed by atoms with van der Waals surface area (Å²) in [7, 11) is 1.71. The molecular formula is C16H21N3O. The molecule has 0 aliphatic carbocycles. The summed E-state index contributed by atoms with van der Waals surface area (Å²) in [4.78, 5) is 0. The van der Waals surface area contributed by atoms with Crippen LogP contribution in [0.5, 0.6) is 5.75 Å². The molecule has 0 aliphatic heterocycles. The lowest BCUT2D eigenvalue weighted by atomic mass is 9.93. The molecule has 1 heterocycles. The predicted octanol–water partition coefficient (Wildman–Crippen LogP) is 2.80. The Kier molecular flexibility index (Phi) is 4.69. The van der Waals surface area contributed by atoms with Crippen LogP contribution in [0.3, 0.4) is 0 Å². The van der Waals surface area contributed by atoms with Crippen molar-refractivity contribution < 1.29 is 4.74 Å². The maximum absolute atomic E-state index is 5.58. The van der Waals surface area contributed by atoms with Crippen LogP contribution in [0.1, 0.15) is 35.2 Å². The fraction of sp³-hybridized carbons (Fsp3) is 0.375. The van der Waals surface area contributed by atoms with E-state index in [0.29, 0.717) is 0 Å².